The Hall–Kier alpha value is -2.70. The number of rotatable bonds is 9. The van der Waals surface area contributed by atoms with Gasteiger partial charge >= 0.3 is 5.97 Å². The van der Waals surface area contributed by atoms with Crippen LogP contribution in [0.4, 0.5) is 4.39 Å². The molecule has 0 radical (unpaired) electrons. The van der Waals surface area contributed by atoms with Crippen LogP contribution >= 0.6 is 0 Å². The molecule has 0 aliphatic heterocycles. The molecule has 4 rings (SSSR count). The second-order valence-corrected chi connectivity index (χ2v) is 8.72. The van der Waals surface area contributed by atoms with E-state index in [-0.39, 0.29) is 24.1 Å². The number of carbonyl (C=O) groups is 1. The van der Waals surface area contributed by atoms with Crippen LogP contribution in [0.3, 0.4) is 0 Å². The van der Waals surface area contributed by atoms with Gasteiger partial charge in [-0.2, -0.15) is 0 Å². The van der Waals surface area contributed by atoms with E-state index in [1.807, 2.05) is 18.2 Å². The molecule has 0 bridgehead atoms. The van der Waals surface area contributed by atoms with Crippen molar-refractivity contribution in [1.29, 1.82) is 0 Å². The van der Waals surface area contributed by atoms with Crippen LogP contribution in [0.5, 0.6) is 11.8 Å². The van der Waals surface area contributed by atoms with Crippen molar-refractivity contribution in [2.45, 2.75) is 56.8 Å². The normalized spacial score (nSPS) is 22.0. The molecule has 1 N–H and O–H groups in total. The van der Waals surface area contributed by atoms with E-state index in [9.17, 15) is 14.3 Å². The van der Waals surface area contributed by atoms with Gasteiger partial charge in [0.15, 0.2) is 0 Å². The number of nitrogens with zero attached hydrogens (tertiary/aromatic N) is 2. The van der Waals surface area contributed by atoms with Crippen LogP contribution in [0.1, 0.15) is 68.0 Å². The second-order valence-electron chi connectivity index (χ2n) is 8.72. The third-order valence-electron chi connectivity index (χ3n) is 6.53. The van der Waals surface area contributed by atoms with E-state index in [2.05, 4.69) is 9.97 Å². The fourth-order valence-electron chi connectivity index (χ4n) is 4.62. The van der Waals surface area contributed by atoms with Crippen molar-refractivity contribution < 1.29 is 23.8 Å². The Morgan fingerprint density at radius 2 is 1.97 bits per heavy atom. The Morgan fingerprint density at radius 3 is 2.65 bits per heavy atom. The summed E-state index contributed by atoms with van der Waals surface area (Å²) >= 11 is 0. The Balaban J connectivity index is 1.31. The maximum Gasteiger partial charge on any atom is 0.304 e. The monoisotopic (exact) mass is 428 g/mol. The van der Waals surface area contributed by atoms with Crippen molar-refractivity contribution >= 4 is 5.97 Å². The first-order valence-corrected chi connectivity index (χ1v) is 11.0. The Labute approximate surface area is 181 Å². The Morgan fingerprint density at radius 1 is 1.19 bits per heavy atom. The standard InChI is InChI=1S/C24H29FN2O4/c1-30-23-11-18(20(25)13-26-23)16-7-5-15(6-8-16)14-31-22-4-2-3-21(27-22)19(12-24(28)29)17-9-10-17/h2-4,11,13,15-17,19H,5-10,12,14H2,1H3,(H,28,29)/t15?,16?,19-/m0/s1. The molecular formula is C24H29FN2O4. The highest BCUT2D eigenvalue weighted by Crippen LogP contribution is 2.44. The molecule has 2 aromatic rings. The van der Waals surface area contributed by atoms with Crippen molar-refractivity contribution in [3.05, 3.63) is 47.5 Å². The average Bonchev–Trinajstić information content (AvgIpc) is 3.62. The molecule has 2 aliphatic rings. The predicted molar refractivity (Wildman–Crippen MR) is 113 cm³/mol. The summed E-state index contributed by atoms with van der Waals surface area (Å²) < 4.78 is 25.3. The van der Waals surface area contributed by atoms with E-state index < -0.39 is 5.97 Å². The molecular weight excluding hydrogens is 399 g/mol. The topological polar surface area (TPSA) is 81.5 Å². The number of methoxy groups -OCH3 is 1. The summed E-state index contributed by atoms with van der Waals surface area (Å²) in [5.74, 6) is 0.890. The van der Waals surface area contributed by atoms with Crippen LogP contribution in [-0.4, -0.2) is 34.8 Å². The van der Waals surface area contributed by atoms with Gasteiger partial charge < -0.3 is 14.6 Å². The first kappa shape index (κ1) is 21.5. The number of halogens is 1. The first-order chi connectivity index (χ1) is 15.0. The van der Waals surface area contributed by atoms with Crippen LogP contribution in [0.25, 0.3) is 0 Å². The minimum absolute atomic E-state index is 0.0382. The molecule has 2 saturated carbocycles. The van der Waals surface area contributed by atoms with Gasteiger partial charge in [-0.1, -0.05) is 6.07 Å². The van der Waals surface area contributed by atoms with Gasteiger partial charge in [0.1, 0.15) is 5.82 Å². The molecule has 0 amide bonds. The smallest absolute Gasteiger partial charge is 0.304 e. The fraction of sp³-hybridized carbons (Fsp3) is 0.542. The Bertz CT molecular complexity index is 910. The third-order valence-corrected chi connectivity index (χ3v) is 6.53. The van der Waals surface area contributed by atoms with Crippen LogP contribution in [-0.2, 0) is 4.79 Å². The van der Waals surface area contributed by atoms with Gasteiger partial charge in [0.2, 0.25) is 11.8 Å². The molecule has 166 valence electrons. The average molecular weight is 429 g/mol. The van der Waals surface area contributed by atoms with Crippen LogP contribution < -0.4 is 9.47 Å². The lowest BCUT2D eigenvalue weighted by atomic mass is 9.79. The van der Waals surface area contributed by atoms with Gasteiger partial charge in [-0.05, 0) is 67.9 Å². The first-order valence-electron chi connectivity index (χ1n) is 11.0. The van der Waals surface area contributed by atoms with E-state index in [0.717, 1.165) is 44.2 Å². The van der Waals surface area contributed by atoms with Crippen LogP contribution in [0, 0.1) is 17.7 Å². The van der Waals surface area contributed by atoms with E-state index in [0.29, 0.717) is 35.8 Å². The Kier molecular flexibility index (Phi) is 6.68. The molecule has 0 saturated heterocycles. The van der Waals surface area contributed by atoms with Crippen molar-refractivity contribution in [3.8, 4) is 11.8 Å². The molecule has 31 heavy (non-hydrogen) atoms. The second kappa shape index (κ2) is 9.62. The summed E-state index contributed by atoms with van der Waals surface area (Å²) in [5, 5.41) is 9.22. The van der Waals surface area contributed by atoms with Crippen LogP contribution in [0.15, 0.2) is 30.5 Å². The quantitative estimate of drug-likeness (QED) is 0.609. The molecule has 0 unspecified atom stereocenters. The van der Waals surface area contributed by atoms with E-state index in [4.69, 9.17) is 9.47 Å². The molecule has 2 heterocycles. The minimum atomic E-state index is -0.787. The maximum atomic E-state index is 14.2. The van der Waals surface area contributed by atoms with Crippen molar-refractivity contribution in [1.82, 2.24) is 9.97 Å². The van der Waals surface area contributed by atoms with E-state index in [1.54, 1.807) is 6.07 Å². The number of aliphatic carboxylic acids is 1. The lowest BCUT2D eigenvalue weighted by molar-refractivity contribution is -0.137. The minimum Gasteiger partial charge on any atom is -0.481 e. The molecule has 6 nitrogen and oxygen atoms in total. The molecule has 0 spiro atoms. The molecule has 2 aliphatic carbocycles. The summed E-state index contributed by atoms with van der Waals surface area (Å²) in [6.45, 7) is 0.568. The molecule has 2 aromatic heterocycles. The lowest BCUT2D eigenvalue weighted by Crippen LogP contribution is -2.20. The number of carboxylic acid groups (broad SMARTS) is 1. The molecule has 0 aromatic carbocycles. The SMILES string of the molecule is COc1cc(C2CCC(COc3cccc([C@@H](CC(=O)O)C4CC4)n3)CC2)c(F)cn1. The van der Waals surface area contributed by atoms with Crippen molar-refractivity contribution in [2.24, 2.45) is 11.8 Å². The highest BCUT2D eigenvalue weighted by atomic mass is 19.1. The number of hydrogen-bond donors (Lipinski definition) is 1. The molecule has 7 heteroatoms. The predicted octanol–water partition coefficient (Wildman–Crippen LogP) is 4.95. The number of ether oxygens (including phenoxy) is 2. The van der Waals surface area contributed by atoms with Gasteiger partial charge in [0, 0.05) is 23.7 Å². The van der Waals surface area contributed by atoms with Gasteiger partial charge in [-0.15, -0.1) is 0 Å². The van der Waals surface area contributed by atoms with Crippen molar-refractivity contribution in [2.75, 3.05) is 13.7 Å². The lowest BCUT2D eigenvalue weighted by Gasteiger charge is -2.29. The zero-order chi connectivity index (χ0) is 21.8. The van der Waals surface area contributed by atoms with Gasteiger partial charge in [-0.3, -0.25) is 4.79 Å². The maximum absolute atomic E-state index is 14.2. The van der Waals surface area contributed by atoms with Gasteiger partial charge in [0.25, 0.3) is 0 Å². The number of hydrogen-bond acceptors (Lipinski definition) is 5. The summed E-state index contributed by atoms with van der Waals surface area (Å²) in [6.07, 6.45) is 7.19. The zero-order valence-corrected chi connectivity index (χ0v) is 17.8. The van der Waals surface area contributed by atoms with E-state index >= 15 is 0 Å². The number of pyridine rings is 2. The molecule has 1 atom stereocenters. The van der Waals surface area contributed by atoms with Gasteiger partial charge in [0.05, 0.1) is 26.3 Å². The van der Waals surface area contributed by atoms with Crippen molar-refractivity contribution in [3.63, 3.8) is 0 Å². The summed E-state index contributed by atoms with van der Waals surface area (Å²) in [4.78, 5) is 19.8. The summed E-state index contributed by atoms with van der Waals surface area (Å²) in [6, 6.07) is 7.34. The summed E-state index contributed by atoms with van der Waals surface area (Å²) in [7, 11) is 1.54. The zero-order valence-electron chi connectivity index (χ0n) is 17.8. The summed E-state index contributed by atoms with van der Waals surface area (Å²) in [5.41, 5.74) is 1.50. The van der Waals surface area contributed by atoms with Gasteiger partial charge in [-0.25, -0.2) is 14.4 Å². The number of carboxylic acids is 1. The van der Waals surface area contributed by atoms with Crippen LogP contribution in [0.2, 0.25) is 0 Å². The highest BCUT2D eigenvalue weighted by molar-refractivity contribution is 5.68. The largest absolute Gasteiger partial charge is 0.481 e. The van der Waals surface area contributed by atoms with E-state index in [1.165, 1.54) is 13.3 Å². The number of aromatic nitrogens is 2. The highest BCUT2D eigenvalue weighted by Gasteiger charge is 2.35. The third kappa shape index (κ3) is 5.51. The molecule has 2 fully saturated rings. The fourth-order valence-corrected chi connectivity index (χ4v) is 4.62.